The van der Waals surface area contributed by atoms with E-state index in [1.54, 1.807) is 0 Å². The molecule has 2 N–H and O–H groups in total. The molecule has 1 saturated heterocycles. The van der Waals surface area contributed by atoms with E-state index in [-0.39, 0.29) is 34.5 Å². The minimum absolute atomic E-state index is 0.0828. The molecule has 1 aliphatic carbocycles. The zero-order valence-corrected chi connectivity index (χ0v) is 14.1. The van der Waals surface area contributed by atoms with Gasteiger partial charge in [-0.15, -0.1) is 0 Å². The van der Waals surface area contributed by atoms with Gasteiger partial charge in [-0.2, -0.15) is 0 Å². The van der Waals surface area contributed by atoms with Crippen molar-refractivity contribution in [3.63, 3.8) is 0 Å². The number of benzene rings is 1. The molecule has 1 heterocycles. The molecule has 0 aromatic heterocycles. The minimum Gasteiger partial charge on any atom is -0.377 e. The summed E-state index contributed by atoms with van der Waals surface area (Å²) in [6.45, 7) is 0.862. The van der Waals surface area contributed by atoms with E-state index in [2.05, 4.69) is 10.0 Å². The van der Waals surface area contributed by atoms with Crippen molar-refractivity contribution < 1.29 is 17.9 Å². The molecule has 23 heavy (non-hydrogen) atoms. The fourth-order valence-electron chi connectivity index (χ4n) is 2.43. The lowest BCUT2D eigenvalue weighted by molar-refractivity contribution is 0.0951. The first-order valence-electron chi connectivity index (χ1n) is 7.67. The quantitative estimate of drug-likeness (QED) is 0.810. The molecule has 0 spiro atoms. The third-order valence-corrected chi connectivity index (χ3v) is 5.83. The van der Waals surface area contributed by atoms with Crippen molar-refractivity contribution in [1.29, 1.82) is 0 Å². The number of rotatable bonds is 6. The van der Waals surface area contributed by atoms with Crippen LogP contribution in [0.15, 0.2) is 23.1 Å². The van der Waals surface area contributed by atoms with E-state index in [1.165, 1.54) is 18.2 Å². The predicted octanol–water partition coefficient (Wildman–Crippen LogP) is 1.69. The van der Waals surface area contributed by atoms with E-state index < -0.39 is 10.0 Å². The Balaban J connectivity index is 1.74. The van der Waals surface area contributed by atoms with Crippen LogP contribution in [-0.2, 0) is 14.8 Å². The lowest BCUT2D eigenvalue weighted by Crippen LogP contribution is -2.32. The van der Waals surface area contributed by atoms with Gasteiger partial charge >= 0.3 is 0 Å². The Morgan fingerprint density at radius 3 is 2.74 bits per heavy atom. The third kappa shape index (κ3) is 4.23. The number of halogens is 1. The standard InChI is InChI=1S/C15H19ClN2O4S/c16-13-6-3-10(15(19)18-11-4-5-11)8-14(13)23(20,21)17-9-12-2-1-7-22-12/h3,6,8,11-12,17H,1-2,4-5,7,9H2,(H,18,19). The van der Waals surface area contributed by atoms with Crippen molar-refractivity contribution in [2.24, 2.45) is 0 Å². The number of hydrogen-bond acceptors (Lipinski definition) is 4. The van der Waals surface area contributed by atoms with Crippen LogP contribution in [0.25, 0.3) is 0 Å². The van der Waals surface area contributed by atoms with Crippen molar-refractivity contribution in [2.75, 3.05) is 13.2 Å². The Morgan fingerprint density at radius 1 is 1.30 bits per heavy atom. The van der Waals surface area contributed by atoms with Crippen molar-refractivity contribution >= 4 is 27.5 Å². The summed E-state index contributed by atoms with van der Waals surface area (Å²) in [7, 11) is -3.79. The fourth-order valence-corrected chi connectivity index (χ4v) is 4.02. The highest BCUT2D eigenvalue weighted by molar-refractivity contribution is 7.89. The lowest BCUT2D eigenvalue weighted by atomic mass is 10.2. The molecule has 0 radical (unpaired) electrons. The molecule has 3 rings (SSSR count). The Hall–Kier alpha value is -1.15. The van der Waals surface area contributed by atoms with Crippen LogP contribution < -0.4 is 10.0 Å². The number of ether oxygens (including phenoxy) is 1. The second-order valence-corrected chi connectivity index (χ2v) is 8.02. The average Bonchev–Trinajstić information content (AvgIpc) is 3.16. The molecule has 126 valence electrons. The molecule has 0 bridgehead atoms. The number of hydrogen-bond donors (Lipinski definition) is 2. The SMILES string of the molecule is O=C(NC1CC1)c1ccc(Cl)c(S(=O)(=O)NCC2CCCO2)c1. The highest BCUT2D eigenvalue weighted by Gasteiger charge is 2.26. The van der Waals surface area contributed by atoms with Crippen LogP contribution in [0.2, 0.25) is 5.02 Å². The first-order chi connectivity index (χ1) is 11.0. The second kappa shape index (κ2) is 6.76. The summed E-state index contributed by atoms with van der Waals surface area (Å²) in [5.41, 5.74) is 0.291. The summed E-state index contributed by atoms with van der Waals surface area (Å²) in [5, 5.41) is 2.92. The molecular formula is C15H19ClN2O4S. The van der Waals surface area contributed by atoms with E-state index in [0.29, 0.717) is 12.2 Å². The van der Waals surface area contributed by atoms with E-state index in [4.69, 9.17) is 16.3 Å². The Morgan fingerprint density at radius 2 is 2.09 bits per heavy atom. The van der Waals surface area contributed by atoms with Gasteiger partial charge in [-0.1, -0.05) is 11.6 Å². The first kappa shape index (κ1) is 16.7. The maximum absolute atomic E-state index is 12.4. The summed E-state index contributed by atoms with van der Waals surface area (Å²) < 4.78 is 32.8. The highest BCUT2D eigenvalue weighted by Crippen LogP contribution is 2.24. The maximum atomic E-state index is 12.4. The highest BCUT2D eigenvalue weighted by atomic mass is 35.5. The van der Waals surface area contributed by atoms with Crippen LogP contribution >= 0.6 is 11.6 Å². The van der Waals surface area contributed by atoms with Crippen LogP contribution in [0.1, 0.15) is 36.0 Å². The zero-order valence-electron chi connectivity index (χ0n) is 12.5. The van der Waals surface area contributed by atoms with Gasteiger partial charge in [0.15, 0.2) is 0 Å². The topological polar surface area (TPSA) is 84.5 Å². The summed E-state index contributed by atoms with van der Waals surface area (Å²) in [6, 6.07) is 4.48. The number of carbonyl (C=O) groups excluding carboxylic acids is 1. The van der Waals surface area contributed by atoms with E-state index in [1.807, 2.05) is 0 Å². The molecule has 2 aliphatic rings. The van der Waals surface area contributed by atoms with Gasteiger partial charge in [-0.05, 0) is 43.9 Å². The Bertz CT molecular complexity index is 697. The maximum Gasteiger partial charge on any atom is 0.251 e. The fraction of sp³-hybridized carbons (Fsp3) is 0.533. The average molecular weight is 359 g/mol. The van der Waals surface area contributed by atoms with Crippen LogP contribution in [0.4, 0.5) is 0 Å². The lowest BCUT2D eigenvalue weighted by Gasteiger charge is -2.13. The van der Waals surface area contributed by atoms with Gasteiger partial charge < -0.3 is 10.1 Å². The van der Waals surface area contributed by atoms with Gasteiger partial charge in [0.25, 0.3) is 5.91 Å². The number of nitrogens with one attached hydrogen (secondary N) is 2. The molecular weight excluding hydrogens is 340 g/mol. The van der Waals surface area contributed by atoms with E-state index in [9.17, 15) is 13.2 Å². The van der Waals surface area contributed by atoms with Crippen molar-refractivity contribution in [3.8, 4) is 0 Å². The summed E-state index contributed by atoms with van der Waals surface area (Å²) in [5.74, 6) is -0.278. The van der Waals surface area contributed by atoms with Crippen LogP contribution in [-0.4, -0.2) is 39.6 Å². The first-order valence-corrected chi connectivity index (χ1v) is 9.53. The van der Waals surface area contributed by atoms with Crippen LogP contribution in [0, 0.1) is 0 Å². The van der Waals surface area contributed by atoms with Gasteiger partial charge in [-0.25, -0.2) is 13.1 Å². The molecule has 6 nitrogen and oxygen atoms in total. The molecule has 2 fully saturated rings. The molecule has 1 aromatic carbocycles. The summed E-state index contributed by atoms with van der Waals surface area (Å²) in [4.78, 5) is 12.0. The van der Waals surface area contributed by atoms with Crippen LogP contribution in [0.5, 0.6) is 0 Å². The molecule has 1 unspecified atom stereocenters. The largest absolute Gasteiger partial charge is 0.377 e. The molecule has 1 atom stereocenters. The normalized spacial score (nSPS) is 21.3. The summed E-state index contributed by atoms with van der Waals surface area (Å²) in [6.07, 6.45) is 3.59. The van der Waals surface area contributed by atoms with Gasteiger partial charge in [0.2, 0.25) is 10.0 Å². The second-order valence-electron chi connectivity index (χ2n) is 5.88. The van der Waals surface area contributed by atoms with Gasteiger partial charge in [0, 0.05) is 24.8 Å². The van der Waals surface area contributed by atoms with Crippen molar-refractivity contribution in [3.05, 3.63) is 28.8 Å². The Kier molecular flexibility index (Phi) is 4.91. The molecule has 8 heteroatoms. The molecule has 1 aliphatic heterocycles. The van der Waals surface area contributed by atoms with Crippen molar-refractivity contribution in [2.45, 2.75) is 42.7 Å². The van der Waals surface area contributed by atoms with Crippen molar-refractivity contribution in [1.82, 2.24) is 10.0 Å². The number of carbonyl (C=O) groups is 1. The van der Waals surface area contributed by atoms with E-state index in [0.717, 1.165) is 25.7 Å². The van der Waals surface area contributed by atoms with E-state index >= 15 is 0 Å². The van der Waals surface area contributed by atoms with Crippen LogP contribution in [0.3, 0.4) is 0 Å². The molecule has 1 saturated carbocycles. The van der Waals surface area contributed by atoms with Gasteiger partial charge in [0.1, 0.15) is 4.90 Å². The zero-order chi connectivity index (χ0) is 16.4. The monoisotopic (exact) mass is 358 g/mol. The van der Waals surface area contributed by atoms with Gasteiger partial charge in [0.05, 0.1) is 11.1 Å². The third-order valence-electron chi connectivity index (χ3n) is 3.92. The summed E-state index contributed by atoms with van der Waals surface area (Å²) >= 11 is 6.02. The number of sulfonamides is 1. The minimum atomic E-state index is -3.79. The van der Waals surface area contributed by atoms with Gasteiger partial charge in [-0.3, -0.25) is 4.79 Å². The smallest absolute Gasteiger partial charge is 0.251 e. The molecule has 1 aromatic rings. The molecule has 1 amide bonds. The Labute approximate surface area is 140 Å². The predicted molar refractivity (Wildman–Crippen MR) is 86.1 cm³/mol. The number of amides is 1.